The van der Waals surface area contributed by atoms with Crippen LogP contribution in [0.3, 0.4) is 0 Å². The summed E-state index contributed by atoms with van der Waals surface area (Å²) in [6, 6.07) is 0. The first-order valence-electron chi connectivity index (χ1n) is 13.1. The fourth-order valence-electron chi connectivity index (χ4n) is 3.84. The molecule has 1 amide bonds. The van der Waals surface area contributed by atoms with Crippen molar-refractivity contribution in [2.75, 3.05) is 13.1 Å². The van der Waals surface area contributed by atoms with Crippen molar-refractivity contribution in [2.45, 2.75) is 146 Å². The second-order valence-corrected chi connectivity index (χ2v) is 11.3. The van der Waals surface area contributed by atoms with Crippen molar-refractivity contribution in [2.24, 2.45) is 0 Å². The molecule has 0 aliphatic carbocycles. The standard InChI is InChI=1S/C26H51Br2NO/c1-4-7-10-11-13-16-19-24(27)25(28)20-17-14-12-15-18-21-26(30)29(22-8-5-2)23-9-6-3/h24-25H,4-23H2,1-3H3/t24-,25-/m1/s1. The van der Waals surface area contributed by atoms with E-state index in [0.29, 0.717) is 15.6 Å². The number of nitrogens with zero attached hydrogens (tertiary/aromatic N) is 1. The molecule has 0 heterocycles. The van der Waals surface area contributed by atoms with E-state index in [4.69, 9.17) is 0 Å². The quantitative estimate of drug-likeness (QED) is 0.0966. The molecular formula is C26H51Br2NO. The van der Waals surface area contributed by atoms with E-state index in [1.54, 1.807) is 0 Å². The minimum atomic E-state index is 0.384. The van der Waals surface area contributed by atoms with Crippen molar-refractivity contribution in [3.63, 3.8) is 0 Å². The molecule has 0 bridgehead atoms. The van der Waals surface area contributed by atoms with Crippen molar-refractivity contribution >= 4 is 37.8 Å². The Bertz CT molecular complexity index is 370. The second kappa shape index (κ2) is 22.6. The number of hydrogen-bond acceptors (Lipinski definition) is 1. The van der Waals surface area contributed by atoms with E-state index in [9.17, 15) is 4.79 Å². The van der Waals surface area contributed by atoms with Gasteiger partial charge in [-0.15, -0.1) is 0 Å². The highest BCUT2D eigenvalue weighted by atomic mass is 79.9. The molecule has 180 valence electrons. The molecule has 0 fully saturated rings. The van der Waals surface area contributed by atoms with E-state index in [1.807, 2.05) is 0 Å². The summed E-state index contributed by atoms with van der Waals surface area (Å²) in [7, 11) is 0. The molecule has 0 unspecified atom stereocenters. The fourth-order valence-corrected chi connectivity index (χ4v) is 5.02. The average molecular weight is 554 g/mol. The van der Waals surface area contributed by atoms with Gasteiger partial charge in [-0.2, -0.15) is 0 Å². The maximum Gasteiger partial charge on any atom is 0.222 e. The molecule has 0 aromatic carbocycles. The van der Waals surface area contributed by atoms with Crippen LogP contribution >= 0.6 is 31.9 Å². The fraction of sp³-hybridized carbons (Fsp3) is 0.962. The van der Waals surface area contributed by atoms with Gasteiger partial charge >= 0.3 is 0 Å². The number of carbonyl (C=O) groups is 1. The maximum atomic E-state index is 12.5. The zero-order valence-electron chi connectivity index (χ0n) is 20.4. The Morgan fingerprint density at radius 3 is 1.47 bits per heavy atom. The van der Waals surface area contributed by atoms with Crippen LogP contribution in [0.1, 0.15) is 136 Å². The van der Waals surface area contributed by atoms with Gasteiger partial charge < -0.3 is 4.90 Å². The van der Waals surface area contributed by atoms with E-state index in [1.165, 1.54) is 89.9 Å². The van der Waals surface area contributed by atoms with E-state index in [-0.39, 0.29) is 0 Å². The highest BCUT2D eigenvalue weighted by molar-refractivity contribution is 9.12. The van der Waals surface area contributed by atoms with Crippen molar-refractivity contribution in [3.05, 3.63) is 0 Å². The molecule has 0 saturated carbocycles. The smallest absolute Gasteiger partial charge is 0.222 e. The number of amides is 1. The summed E-state index contributed by atoms with van der Waals surface area (Å²) in [6.45, 7) is 8.59. The van der Waals surface area contributed by atoms with Crippen molar-refractivity contribution in [1.29, 1.82) is 0 Å². The van der Waals surface area contributed by atoms with Crippen molar-refractivity contribution in [1.82, 2.24) is 4.90 Å². The molecule has 2 nitrogen and oxygen atoms in total. The van der Waals surface area contributed by atoms with Gasteiger partial charge in [0, 0.05) is 29.2 Å². The molecule has 2 atom stereocenters. The lowest BCUT2D eigenvalue weighted by Crippen LogP contribution is -2.32. The minimum Gasteiger partial charge on any atom is -0.343 e. The molecular weight excluding hydrogens is 502 g/mol. The Hall–Kier alpha value is 0.430. The first-order valence-corrected chi connectivity index (χ1v) is 15.0. The monoisotopic (exact) mass is 551 g/mol. The summed E-state index contributed by atoms with van der Waals surface area (Å²) >= 11 is 7.80. The van der Waals surface area contributed by atoms with Crippen LogP contribution in [0.2, 0.25) is 0 Å². The molecule has 0 rings (SSSR count). The molecule has 0 aromatic rings. The molecule has 4 heteroatoms. The number of alkyl halides is 2. The van der Waals surface area contributed by atoms with Crippen LogP contribution in [0, 0.1) is 0 Å². The number of rotatable bonds is 22. The Balaban J connectivity index is 3.70. The second-order valence-electron chi connectivity index (χ2n) is 8.98. The lowest BCUT2D eigenvalue weighted by molar-refractivity contribution is -0.131. The van der Waals surface area contributed by atoms with Crippen LogP contribution in [0.5, 0.6) is 0 Å². The van der Waals surface area contributed by atoms with Crippen molar-refractivity contribution < 1.29 is 4.79 Å². The van der Waals surface area contributed by atoms with Crippen molar-refractivity contribution in [3.8, 4) is 0 Å². The Kier molecular flexibility index (Phi) is 22.9. The van der Waals surface area contributed by atoms with Gasteiger partial charge in [0.15, 0.2) is 0 Å². The van der Waals surface area contributed by atoms with Crippen LogP contribution in [0.15, 0.2) is 0 Å². The number of unbranched alkanes of at least 4 members (excludes halogenated alkanes) is 11. The van der Waals surface area contributed by atoms with Crippen LogP contribution in [-0.2, 0) is 4.79 Å². The largest absolute Gasteiger partial charge is 0.343 e. The Morgan fingerprint density at radius 2 is 1.00 bits per heavy atom. The minimum absolute atomic E-state index is 0.384. The van der Waals surface area contributed by atoms with Gasteiger partial charge in [-0.05, 0) is 32.1 Å². The van der Waals surface area contributed by atoms with Gasteiger partial charge in [-0.3, -0.25) is 4.79 Å². The summed E-state index contributed by atoms with van der Waals surface area (Å²) < 4.78 is 0. The zero-order chi connectivity index (χ0) is 22.5. The number of carbonyl (C=O) groups excluding carboxylic acids is 1. The van der Waals surface area contributed by atoms with Crippen LogP contribution in [0.4, 0.5) is 0 Å². The Morgan fingerprint density at radius 1 is 0.600 bits per heavy atom. The normalized spacial score (nSPS) is 13.4. The third-order valence-electron chi connectivity index (χ3n) is 6.01. The average Bonchev–Trinajstić information content (AvgIpc) is 2.75. The van der Waals surface area contributed by atoms with E-state index < -0.39 is 0 Å². The summed E-state index contributed by atoms with van der Waals surface area (Å²) in [5.41, 5.74) is 0. The number of halogens is 2. The molecule has 0 radical (unpaired) electrons. The molecule has 0 saturated heterocycles. The van der Waals surface area contributed by atoms with E-state index in [2.05, 4.69) is 57.5 Å². The highest BCUT2D eigenvalue weighted by Crippen LogP contribution is 2.25. The molecule has 0 aliphatic rings. The third-order valence-corrected chi connectivity index (χ3v) is 8.91. The lowest BCUT2D eigenvalue weighted by atomic mass is 10.0. The van der Waals surface area contributed by atoms with Gasteiger partial charge in [0.1, 0.15) is 0 Å². The van der Waals surface area contributed by atoms with E-state index >= 15 is 0 Å². The van der Waals surface area contributed by atoms with Gasteiger partial charge in [-0.25, -0.2) is 0 Å². The predicted octanol–water partition coefficient (Wildman–Crippen LogP) is 9.42. The predicted molar refractivity (Wildman–Crippen MR) is 142 cm³/mol. The first kappa shape index (κ1) is 30.4. The van der Waals surface area contributed by atoms with Gasteiger partial charge in [-0.1, -0.05) is 130 Å². The number of hydrogen-bond donors (Lipinski definition) is 0. The van der Waals surface area contributed by atoms with Gasteiger partial charge in [0.2, 0.25) is 5.91 Å². The first-order chi connectivity index (χ1) is 14.6. The van der Waals surface area contributed by atoms with E-state index in [0.717, 1.165) is 38.8 Å². The summed E-state index contributed by atoms with van der Waals surface area (Å²) in [5, 5.41) is 0. The van der Waals surface area contributed by atoms with Gasteiger partial charge in [0.25, 0.3) is 0 Å². The molecule has 0 N–H and O–H groups in total. The molecule has 0 aromatic heterocycles. The highest BCUT2D eigenvalue weighted by Gasteiger charge is 2.15. The lowest BCUT2D eigenvalue weighted by Gasteiger charge is -2.22. The molecule has 0 spiro atoms. The maximum absolute atomic E-state index is 12.5. The SMILES string of the molecule is CCCCCCCC[C@@H](Br)[C@H](Br)CCCCCCCC(=O)N(CCCC)CCCC. The van der Waals surface area contributed by atoms with Gasteiger partial charge in [0.05, 0.1) is 0 Å². The summed E-state index contributed by atoms with van der Waals surface area (Å²) in [6.07, 6.45) is 22.3. The molecule has 30 heavy (non-hydrogen) atoms. The topological polar surface area (TPSA) is 20.3 Å². The summed E-state index contributed by atoms with van der Waals surface area (Å²) in [4.78, 5) is 15.8. The Labute approximate surface area is 206 Å². The van der Waals surface area contributed by atoms with Crippen LogP contribution in [0.25, 0.3) is 0 Å². The van der Waals surface area contributed by atoms with Crippen LogP contribution < -0.4 is 0 Å². The third kappa shape index (κ3) is 18.0. The summed E-state index contributed by atoms with van der Waals surface area (Å²) in [5.74, 6) is 0.384. The zero-order valence-corrected chi connectivity index (χ0v) is 23.6. The molecule has 0 aliphatic heterocycles. The van der Waals surface area contributed by atoms with Crippen LogP contribution in [-0.4, -0.2) is 33.6 Å².